The van der Waals surface area contributed by atoms with Gasteiger partial charge in [0.2, 0.25) is 0 Å². The van der Waals surface area contributed by atoms with Gasteiger partial charge in [0.1, 0.15) is 5.70 Å². The number of aliphatic imine (C=N–C) groups is 1. The summed E-state index contributed by atoms with van der Waals surface area (Å²) in [4.78, 5) is 4.23. The van der Waals surface area contributed by atoms with Gasteiger partial charge < -0.3 is 0 Å². The first-order valence-electron chi connectivity index (χ1n) is 3.93. The quantitative estimate of drug-likeness (QED) is 0.553. The summed E-state index contributed by atoms with van der Waals surface area (Å²) in [6.45, 7) is 2.00. The molecule has 0 amide bonds. The number of benzene rings is 1. The molecular formula is C11H9N. The molecule has 0 unspecified atom stereocenters. The predicted molar refractivity (Wildman–Crippen MR) is 51.0 cm³/mol. The standard InChI is InChI=1S/C11H9N/c1-9-7-11(12-8-9)10-5-3-2-4-6-10/h2-6,8H,1H3. The molecule has 0 radical (unpaired) electrons. The van der Waals surface area contributed by atoms with Crippen LogP contribution in [0, 0.1) is 0 Å². The van der Waals surface area contributed by atoms with Crippen molar-refractivity contribution in [3.63, 3.8) is 0 Å². The Labute approximate surface area is 71.8 Å². The van der Waals surface area contributed by atoms with Crippen LogP contribution in [0.2, 0.25) is 0 Å². The summed E-state index contributed by atoms with van der Waals surface area (Å²) in [5.74, 6) is 0. The average molecular weight is 155 g/mol. The van der Waals surface area contributed by atoms with Gasteiger partial charge in [0, 0.05) is 17.4 Å². The van der Waals surface area contributed by atoms with Crippen LogP contribution in [0.3, 0.4) is 0 Å². The third kappa shape index (κ3) is 1.23. The van der Waals surface area contributed by atoms with Gasteiger partial charge in [-0.05, 0) is 6.92 Å². The molecule has 1 aliphatic heterocycles. The molecule has 58 valence electrons. The summed E-state index contributed by atoms with van der Waals surface area (Å²) in [7, 11) is 0. The van der Waals surface area contributed by atoms with Crippen molar-refractivity contribution in [1.82, 2.24) is 0 Å². The Morgan fingerprint density at radius 3 is 2.50 bits per heavy atom. The zero-order valence-corrected chi connectivity index (χ0v) is 6.91. The molecule has 1 nitrogen and oxygen atoms in total. The first-order chi connectivity index (χ1) is 5.86. The van der Waals surface area contributed by atoms with Crippen molar-refractivity contribution in [3.8, 4) is 0 Å². The summed E-state index contributed by atoms with van der Waals surface area (Å²) < 4.78 is 0. The van der Waals surface area contributed by atoms with E-state index in [4.69, 9.17) is 0 Å². The minimum Gasteiger partial charge on any atom is -0.247 e. The minimum atomic E-state index is 0.938. The maximum Gasteiger partial charge on any atom is 0.112 e. The van der Waals surface area contributed by atoms with E-state index in [1.165, 1.54) is 0 Å². The van der Waals surface area contributed by atoms with E-state index in [2.05, 4.69) is 10.7 Å². The molecule has 1 aromatic rings. The molecule has 0 spiro atoms. The van der Waals surface area contributed by atoms with Crippen LogP contribution in [0.5, 0.6) is 0 Å². The highest BCUT2D eigenvalue weighted by atomic mass is 14.7. The fourth-order valence-electron chi connectivity index (χ4n) is 1.16. The second kappa shape index (κ2) is 2.80. The maximum atomic E-state index is 4.23. The summed E-state index contributed by atoms with van der Waals surface area (Å²) in [6.07, 6.45) is 1.84. The Bertz CT molecular complexity index is 379. The summed E-state index contributed by atoms with van der Waals surface area (Å²) in [5.41, 5.74) is 6.34. The van der Waals surface area contributed by atoms with E-state index in [9.17, 15) is 0 Å². The van der Waals surface area contributed by atoms with Gasteiger partial charge in [-0.2, -0.15) is 0 Å². The van der Waals surface area contributed by atoms with Crippen LogP contribution in [0.15, 0.2) is 46.6 Å². The second-order valence-corrected chi connectivity index (χ2v) is 2.78. The highest BCUT2D eigenvalue weighted by molar-refractivity contribution is 5.89. The molecule has 1 heterocycles. The average Bonchev–Trinajstić information content (AvgIpc) is 2.54. The molecule has 0 saturated heterocycles. The lowest BCUT2D eigenvalue weighted by Gasteiger charge is -1.93. The lowest BCUT2D eigenvalue weighted by atomic mass is 10.2. The van der Waals surface area contributed by atoms with Gasteiger partial charge in [-0.15, -0.1) is 0 Å². The lowest BCUT2D eigenvalue weighted by molar-refractivity contribution is 1.54. The third-order valence-electron chi connectivity index (χ3n) is 1.75. The Morgan fingerprint density at radius 1 is 1.17 bits per heavy atom. The summed E-state index contributed by atoms with van der Waals surface area (Å²) in [5, 5.41) is 0. The van der Waals surface area contributed by atoms with Crippen molar-refractivity contribution in [2.45, 2.75) is 6.92 Å². The smallest absolute Gasteiger partial charge is 0.112 e. The largest absolute Gasteiger partial charge is 0.247 e. The topological polar surface area (TPSA) is 12.4 Å². The van der Waals surface area contributed by atoms with Crippen LogP contribution in [0.1, 0.15) is 12.5 Å². The molecule has 0 bridgehead atoms. The molecule has 1 heteroatoms. The Balaban J connectivity index is 2.47. The normalized spacial score (nSPS) is 14.4. The van der Waals surface area contributed by atoms with Crippen LogP contribution in [-0.4, -0.2) is 6.21 Å². The lowest BCUT2D eigenvalue weighted by Crippen LogP contribution is -1.75. The molecular weight excluding hydrogens is 146 g/mol. The van der Waals surface area contributed by atoms with Crippen LogP contribution < -0.4 is 0 Å². The van der Waals surface area contributed by atoms with Crippen LogP contribution in [0.25, 0.3) is 5.70 Å². The van der Waals surface area contributed by atoms with Crippen molar-refractivity contribution < 1.29 is 0 Å². The fourth-order valence-corrected chi connectivity index (χ4v) is 1.16. The highest BCUT2D eigenvalue weighted by Gasteiger charge is 2.00. The van der Waals surface area contributed by atoms with Gasteiger partial charge in [-0.3, -0.25) is 0 Å². The zero-order valence-electron chi connectivity index (χ0n) is 6.91. The van der Waals surface area contributed by atoms with E-state index in [1.807, 2.05) is 43.5 Å². The van der Waals surface area contributed by atoms with Crippen LogP contribution in [-0.2, 0) is 0 Å². The number of hydrogen-bond donors (Lipinski definition) is 0. The van der Waals surface area contributed by atoms with Gasteiger partial charge in [0.15, 0.2) is 0 Å². The van der Waals surface area contributed by atoms with E-state index in [0.717, 1.165) is 16.8 Å². The highest BCUT2D eigenvalue weighted by Crippen LogP contribution is 2.17. The van der Waals surface area contributed by atoms with Crippen LogP contribution in [0.4, 0.5) is 0 Å². The molecule has 0 atom stereocenters. The maximum absolute atomic E-state index is 4.23. The van der Waals surface area contributed by atoms with E-state index in [-0.39, 0.29) is 0 Å². The third-order valence-corrected chi connectivity index (χ3v) is 1.75. The van der Waals surface area contributed by atoms with E-state index < -0.39 is 0 Å². The molecule has 1 aromatic carbocycles. The van der Waals surface area contributed by atoms with Crippen molar-refractivity contribution in [2.75, 3.05) is 0 Å². The Hall–Kier alpha value is -1.59. The molecule has 0 N–H and O–H groups in total. The number of allylic oxidation sites excluding steroid dienone is 1. The number of nitrogens with zero attached hydrogens (tertiary/aromatic N) is 1. The molecule has 0 aliphatic carbocycles. The molecule has 0 aromatic heterocycles. The summed E-state index contributed by atoms with van der Waals surface area (Å²) >= 11 is 0. The van der Waals surface area contributed by atoms with Gasteiger partial charge in [-0.25, -0.2) is 4.99 Å². The first kappa shape index (κ1) is 7.08. The zero-order chi connectivity index (χ0) is 8.39. The van der Waals surface area contributed by atoms with Crippen molar-refractivity contribution in [3.05, 3.63) is 47.2 Å². The van der Waals surface area contributed by atoms with E-state index in [1.54, 1.807) is 0 Å². The van der Waals surface area contributed by atoms with Gasteiger partial charge in [0.25, 0.3) is 0 Å². The molecule has 12 heavy (non-hydrogen) atoms. The van der Waals surface area contributed by atoms with Crippen molar-refractivity contribution >= 4 is 11.9 Å². The molecule has 0 saturated carbocycles. The van der Waals surface area contributed by atoms with Crippen molar-refractivity contribution in [1.29, 1.82) is 0 Å². The number of hydrogen-bond acceptors (Lipinski definition) is 1. The monoisotopic (exact) mass is 155 g/mol. The minimum absolute atomic E-state index is 0.938. The SMILES string of the molecule is CC1=C=C(c2ccccc2)N=C1. The molecule has 1 aliphatic rings. The molecule has 0 fully saturated rings. The predicted octanol–water partition coefficient (Wildman–Crippen LogP) is 2.66. The first-order valence-corrected chi connectivity index (χ1v) is 3.93. The van der Waals surface area contributed by atoms with Gasteiger partial charge in [0.05, 0.1) is 0 Å². The Morgan fingerprint density at radius 2 is 1.92 bits per heavy atom. The van der Waals surface area contributed by atoms with E-state index >= 15 is 0 Å². The second-order valence-electron chi connectivity index (χ2n) is 2.78. The van der Waals surface area contributed by atoms with Crippen LogP contribution >= 0.6 is 0 Å². The van der Waals surface area contributed by atoms with Gasteiger partial charge in [-0.1, -0.05) is 36.1 Å². The van der Waals surface area contributed by atoms with Gasteiger partial charge >= 0.3 is 0 Å². The molecule has 2 rings (SSSR count). The summed E-state index contributed by atoms with van der Waals surface area (Å²) in [6, 6.07) is 10.1. The van der Waals surface area contributed by atoms with Crippen molar-refractivity contribution in [2.24, 2.45) is 4.99 Å². The Kier molecular flexibility index (Phi) is 1.65. The fraction of sp³-hybridized carbons (Fsp3) is 0.0909. The number of rotatable bonds is 1. The van der Waals surface area contributed by atoms with E-state index in [0.29, 0.717) is 0 Å².